The van der Waals surface area contributed by atoms with E-state index < -0.39 is 0 Å². The van der Waals surface area contributed by atoms with E-state index in [1.807, 2.05) is 36.9 Å². The Hall–Kier alpha value is -2.38. The van der Waals surface area contributed by atoms with Crippen LogP contribution in [0, 0.1) is 13.8 Å². The lowest BCUT2D eigenvalue weighted by Crippen LogP contribution is -2.50. The average Bonchev–Trinajstić information content (AvgIpc) is 2.71. The van der Waals surface area contributed by atoms with Gasteiger partial charge >= 0.3 is 0 Å². The lowest BCUT2D eigenvalue weighted by Gasteiger charge is -2.34. The fraction of sp³-hybridized carbons (Fsp3) is 0.364. The van der Waals surface area contributed by atoms with Crippen molar-refractivity contribution < 1.29 is 14.3 Å². The van der Waals surface area contributed by atoms with Gasteiger partial charge in [-0.15, -0.1) is 0 Å². The molecule has 7 heteroatoms. The summed E-state index contributed by atoms with van der Waals surface area (Å²) in [6.07, 6.45) is 0. The Morgan fingerprint density at radius 2 is 1.72 bits per heavy atom. The summed E-state index contributed by atoms with van der Waals surface area (Å²) in [5.41, 5.74) is 3.62. The molecule has 0 spiro atoms. The first-order chi connectivity index (χ1) is 13.9. The second-order valence-corrected chi connectivity index (χ2v) is 8.09. The topological polar surface area (TPSA) is 61.9 Å². The molecule has 2 aromatic carbocycles. The van der Waals surface area contributed by atoms with Gasteiger partial charge in [0, 0.05) is 37.4 Å². The second-order valence-electron chi connectivity index (χ2n) is 7.23. The van der Waals surface area contributed by atoms with Crippen molar-refractivity contribution in [1.29, 1.82) is 0 Å². The largest absolute Gasteiger partial charge is 0.496 e. The highest BCUT2D eigenvalue weighted by Crippen LogP contribution is 2.26. The van der Waals surface area contributed by atoms with Gasteiger partial charge in [0.1, 0.15) is 5.75 Å². The maximum Gasteiger partial charge on any atom is 0.253 e. The van der Waals surface area contributed by atoms with E-state index in [2.05, 4.69) is 26.1 Å². The number of benzene rings is 2. The van der Waals surface area contributed by atoms with Crippen LogP contribution >= 0.6 is 15.9 Å². The van der Waals surface area contributed by atoms with Crippen molar-refractivity contribution in [3.8, 4) is 5.75 Å². The van der Waals surface area contributed by atoms with Crippen molar-refractivity contribution in [3.05, 3.63) is 57.6 Å². The van der Waals surface area contributed by atoms with Crippen LogP contribution in [0.1, 0.15) is 21.5 Å². The molecule has 0 unspecified atom stereocenters. The number of carbonyl (C=O) groups excluding carboxylic acids is 2. The van der Waals surface area contributed by atoms with Crippen LogP contribution in [0.5, 0.6) is 5.75 Å². The predicted molar refractivity (Wildman–Crippen MR) is 118 cm³/mol. The summed E-state index contributed by atoms with van der Waals surface area (Å²) >= 11 is 3.43. The monoisotopic (exact) mass is 459 g/mol. The predicted octanol–water partition coefficient (Wildman–Crippen LogP) is 3.47. The van der Waals surface area contributed by atoms with Crippen molar-refractivity contribution in [2.24, 2.45) is 0 Å². The van der Waals surface area contributed by atoms with Crippen LogP contribution in [-0.2, 0) is 4.79 Å². The van der Waals surface area contributed by atoms with Crippen LogP contribution in [-0.4, -0.2) is 61.4 Å². The Labute approximate surface area is 180 Å². The number of nitrogens with zero attached hydrogens (tertiary/aromatic N) is 2. The maximum atomic E-state index is 12.8. The number of halogens is 1. The van der Waals surface area contributed by atoms with E-state index in [4.69, 9.17) is 4.74 Å². The summed E-state index contributed by atoms with van der Waals surface area (Å²) in [7, 11) is 1.59. The molecule has 1 heterocycles. The zero-order chi connectivity index (χ0) is 21.0. The molecule has 1 aliphatic rings. The smallest absolute Gasteiger partial charge is 0.253 e. The molecule has 154 valence electrons. The first kappa shape index (κ1) is 21.3. The van der Waals surface area contributed by atoms with Crippen LogP contribution in [0.25, 0.3) is 0 Å². The van der Waals surface area contributed by atoms with Crippen molar-refractivity contribution in [2.45, 2.75) is 13.8 Å². The molecule has 1 fully saturated rings. The number of ether oxygens (including phenoxy) is 1. The molecule has 0 radical (unpaired) electrons. The van der Waals surface area contributed by atoms with Crippen molar-refractivity contribution in [2.75, 3.05) is 45.2 Å². The minimum atomic E-state index is -0.0266. The molecule has 0 atom stereocenters. The van der Waals surface area contributed by atoms with Gasteiger partial charge < -0.3 is 15.0 Å². The van der Waals surface area contributed by atoms with Gasteiger partial charge in [-0.3, -0.25) is 14.5 Å². The summed E-state index contributed by atoms with van der Waals surface area (Å²) in [5.74, 6) is 0.663. The van der Waals surface area contributed by atoms with E-state index in [-0.39, 0.29) is 11.8 Å². The molecule has 0 aliphatic carbocycles. The van der Waals surface area contributed by atoms with Gasteiger partial charge in [0.05, 0.1) is 18.1 Å². The zero-order valence-electron chi connectivity index (χ0n) is 17.0. The number of hydrogen-bond acceptors (Lipinski definition) is 4. The van der Waals surface area contributed by atoms with Gasteiger partial charge in [-0.2, -0.15) is 0 Å². The van der Waals surface area contributed by atoms with Crippen LogP contribution in [0.2, 0.25) is 0 Å². The quantitative estimate of drug-likeness (QED) is 0.743. The van der Waals surface area contributed by atoms with Gasteiger partial charge in [0.25, 0.3) is 5.91 Å². The Balaban J connectivity index is 1.53. The number of anilines is 1. The third-order valence-corrected chi connectivity index (χ3v) is 5.79. The first-order valence-corrected chi connectivity index (χ1v) is 10.4. The van der Waals surface area contributed by atoms with Crippen LogP contribution in [0.15, 0.2) is 40.9 Å². The molecule has 2 amide bonds. The number of methoxy groups -OCH3 is 1. The number of aryl methyl sites for hydroxylation is 2. The van der Waals surface area contributed by atoms with E-state index in [0.29, 0.717) is 44.0 Å². The zero-order valence-corrected chi connectivity index (χ0v) is 18.6. The number of hydrogen-bond donors (Lipinski definition) is 1. The van der Waals surface area contributed by atoms with E-state index in [1.54, 1.807) is 25.3 Å². The molecule has 29 heavy (non-hydrogen) atoms. The molecule has 0 aromatic heterocycles. The highest BCUT2D eigenvalue weighted by atomic mass is 79.9. The molecule has 0 saturated carbocycles. The minimum Gasteiger partial charge on any atom is -0.496 e. The van der Waals surface area contributed by atoms with Crippen LogP contribution in [0.3, 0.4) is 0 Å². The Bertz CT molecular complexity index is 888. The number of carbonyl (C=O) groups is 2. The lowest BCUT2D eigenvalue weighted by atomic mass is 10.1. The summed E-state index contributed by atoms with van der Waals surface area (Å²) in [6, 6.07) is 11.3. The number of piperazine rings is 1. The van der Waals surface area contributed by atoms with E-state index in [0.717, 1.165) is 21.3 Å². The molecule has 6 nitrogen and oxygen atoms in total. The summed E-state index contributed by atoms with van der Waals surface area (Å²) < 4.78 is 5.97. The molecule has 2 aromatic rings. The number of amides is 2. The Morgan fingerprint density at radius 3 is 2.31 bits per heavy atom. The number of rotatable bonds is 5. The molecular weight excluding hydrogens is 434 g/mol. The van der Waals surface area contributed by atoms with Gasteiger partial charge in [-0.25, -0.2) is 0 Å². The van der Waals surface area contributed by atoms with E-state index in [9.17, 15) is 9.59 Å². The second kappa shape index (κ2) is 9.41. The van der Waals surface area contributed by atoms with Crippen molar-refractivity contribution in [1.82, 2.24) is 9.80 Å². The third kappa shape index (κ3) is 5.16. The highest BCUT2D eigenvalue weighted by Gasteiger charge is 2.24. The van der Waals surface area contributed by atoms with Crippen LogP contribution in [0.4, 0.5) is 5.69 Å². The summed E-state index contributed by atoms with van der Waals surface area (Å²) in [5, 5.41) is 3.02. The number of para-hydroxylation sites is 1. The highest BCUT2D eigenvalue weighted by molar-refractivity contribution is 9.10. The average molecular weight is 460 g/mol. The minimum absolute atomic E-state index is 0.00649. The summed E-state index contributed by atoms with van der Waals surface area (Å²) in [4.78, 5) is 29.1. The van der Waals surface area contributed by atoms with E-state index in [1.165, 1.54) is 0 Å². The molecular formula is C22H26BrN3O3. The van der Waals surface area contributed by atoms with E-state index >= 15 is 0 Å². The first-order valence-electron chi connectivity index (χ1n) is 9.60. The molecule has 0 bridgehead atoms. The standard InChI is InChI=1S/C22H26BrN3O3/c1-15-5-4-6-16(2)21(15)24-20(27)14-25-9-11-26(12-10-25)22(28)17-7-8-19(29-3)18(23)13-17/h4-8,13H,9-12,14H2,1-3H3,(H,24,27). The fourth-order valence-electron chi connectivity index (χ4n) is 3.48. The van der Waals surface area contributed by atoms with Gasteiger partial charge in [-0.1, -0.05) is 18.2 Å². The maximum absolute atomic E-state index is 12.8. The normalized spacial score (nSPS) is 14.6. The lowest BCUT2D eigenvalue weighted by molar-refractivity contribution is -0.117. The molecule has 1 saturated heterocycles. The van der Waals surface area contributed by atoms with Crippen LogP contribution < -0.4 is 10.1 Å². The van der Waals surface area contributed by atoms with Gasteiger partial charge in [0.2, 0.25) is 5.91 Å². The van der Waals surface area contributed by atoms with Gasteiger partial charge in [-0.05, 0) is 59.1 Å². The molecule has 3 rings (SSSR count). The Morgan fingerprint density at radius 1 is 1.07 bits per heavy atom. The molecule has 1 aliphatic heterocycles. The van der Waals surface area contributed by atoms with Crippen molar-refractivity contribution >= 4 is 33.4 Å². The fourth-order valence-corrected chi connectivity index (χ4v) is 4.03. The van der Waals surface area contributed by atoms with Gasteiger partial charge in [0.15, 0.2) is 0 Å². The van der Waals surface area contributed by atoms with Crippen molar-refractivity contribution in [3.63, 3.8) is 0 Å². The Kier molecular flexibility index (Phi) is 6.92. The SMILES string of the molecule is COc1ccc(C(=O)N2CCN(CC(=O)Nc3c(C)cccc3C)CC2)cc1Br. The molecule has 1 N–H and O–H groups in total. The summed E-state index contributed by atoms with van der Waals surface area (Å²) in [6.45, 7) is 6.84. The number of nitrogens with one attached hydrogen (secondary N) is 1. The third-order valence-electron chi connectivity index (χ3n) is 5.17.